The highest BCUT2D eigenvalue weighted by Crippen LogP contribution is 2.48. The molecule has 1 heterocycles. The van der Waals surface area contributed by atoms with Crippen molar-refractivity contribution in [2.75, 3.05) is 0 Å². The fourth-order valence-electron chi connectivity index (χ4n) is 4.01. The van der Waals surface area contributed by atoms with Crippen molar-refractivity contribution in [3.63, 3.8) is 0 Å². The largest absolute Gasteiger partial charge is 0.486 e. The maximum atomic E-state index is 13.1. The Labute approximate surface area is 124 Å². The van der Waals surface area contributed by atoms with Gasteiger partial charge in [0.15, 0.2) is 0 Å². The molecule has 1 fully saturated rings. The highest BCUT2D eigenvalue weighted by molar-refractivity contribution is 5.38. The second-order valence-electron chi connectivity index (χ2n) is 6.37. The molecule has 0 unspecified atom stereocenters. The molecule has 2 aliphatic rings. The van der Waals surface area contributed by atoms with Gasteiger partial charge in [0.2, 0.25) is 0 Å². The molecular weight excluding hydrogens is 263 g/mol. The summed E-state index contributed by atoms with van der Waals surface area (Å²) in [5.74, 6) is 1.45. The molecule has 1 saturated carbocycles. The Balaban J connectivity index is 1.67. The minimum atomic E-state index is -0.172. The van der Waals surface area contributed by atoms with Gasteiger partial charge in [-0.1, -0.05) is 30.3 Å². The van der Waals surface area contributed by atoms with E-state index in [4.69, 9.17) is 4.74 Å². The Morgan fingerprint density at radius 2 is 1.90 bits per heavy atom. The van der Waals surface area contributed by atoms with Crippen molar-refractivity contribution >= 4 is 0 Å². The first-order valence-electron chi connectivity index (χ1n) is 7.77. The smallest absolute Gasteiger partial charge is 0.123 e. The highest BCUT2D eigenvalue weighted by atomic mass is 19.1. The molecule has 0 radical (unpaired) electrons. The topological polar surface area (TPSA) is 9.23 Å². The Hall–Kier alpha value is -1.83. The van der Waals surface area contributed by atoms with Gasteiger partial charge in [-0.2, -0.15) is 0 Å². The third-order valence-electron chi connectivity index (χ3n) is 5.07. The van der Waals surface area contributed by atoms with E-state index < -0.39 is 0 Å². The van der Waals surface area contributed by atoms with Crippen LogP contribution in [0.5, 0.6) is 5.75 Å². The zero-order chi connectivity index (χ0) is 14.3. The minimum absolute atomic E-state index is 0.0911. The summed E-state index contributed by atoms with van der Waals surface area (Å²) in [5.41, 5.74) is 2.41. The maximum absolute atomic E-state index is 13.1. The molecule has 1 aliphatic heterocycles. The molecule has 0 aromatic heterocycles. The molecule has 108 valence electrons. The molecule has 2 aromatic rings. The molecule has 2 atom stereocenters. The maximum Gasteiger partial charge on any atom is 0.123 e. The Morgan fingerprint density at radius 1 is 1.10 bits per heavy atom. The normalized spacial score (nSPS) is 26.8. The third kappa shape index (κ3) is 2.23. The zero-order valence-corrected chi connectivity index (χ0v) is 12.0. The van der Waals surface area contributed by atoms with E-state index in [9.17, 15) is 4.39 Å². The van der Waals surface area contributed by atoms with Crippen LogP contribution in [-0.4, -0.2) is 5.60 Å². The molecule has 1 nitrogen and oxygen atoms in total. The first kappa shape index (κ1) is 12.9. The molecule has 0 amide bonds. The van der Waals surface area contributed by atoms with Gasteiger partial charge in [0, 0.05) is 12.3 Å². The molecule has 2 heteroatoms. The van der Waals surface area contributed by atoms with Crippen LogP contribution in [0.4, 0.5) is 4.39 Å². The van der Waals surface area contributed by atoms with Gasteiger partial charge in [0.25, 0.3) is 0 Å². The number of halogens is 1. The van der Waals surface area contributed by atoms with Crippen LogP contribution in [0.25, 0.3) is 0 Å². The number of hydrogen-bond donors (Lipinski definition) is 0. The first-order chi connectivity index (χ1) is 10.3. The minimum Gasteiger partial charge on any atom is -0.486 e. The van der Waals surface area contributed by atoms with Crippen LogP contribution in [0.3, 0.4) is 0 Å². The van der Waals surface area contributed by atoms with Crippen molar-refractivity contribution in [2.45, 2.75) is 37.7 Å². The van der Waals surface area contributed by atoms with Gasteiger partial charge < -0.3 is 4.74 Å². The molecule has 0 saturated heterocycles. The number of para-hydroxylation sites is 1. The van der Waals surface area contributed by atoms with Crippen LogP contribution in [0.15, 0.2) is 48.5 Å². The van der Waals surface area contributed by atoms with Gasteiger partial charge in [-0.25, -0.2) is 4.39 Å². The Bertz CT molecular complexity index is 649. The van der Waals surface area contributed by atoms with E-state index in [1.165, 1.54) is 24.0 Å². The lowest BCUT2D eigenvalue weighted by Crippen LogP contribution is -2.45. The molecule has 21 heavy (non-hydrogen) atoms. The summed E-state index contributed by atoms with van der Waals surface area (Å²) in [6.07, 6.45) is 5.54. The third-order valence-corrected chi connectivity index (χ3v) is 5.07. The summed E-state index contributed by atoms with van der Waals surface area (Å²) in [6, 6.07) is 15.3. The summed E-state index contributed by atoms with van der Waals surface area (Å²) < 4.78 is 19.6. The van der Waals surface area contributed by atoms with Gasteiger partial charge in [-0.3, -0.25) is 0 Å². The first-order valence-corrected chi connectivity index (χ1v) is 7.77. The Morgan fingerprint density at radius 3 is 2.76 bits per heavy atom. The molecular formula is C19H19FO. The zero-order valence-electron chi connectivity index (χ0n) is 12.0. The summed E-state index contributed by atoms with van der Waals surface area (Å²) in [6.45, 7) is 0. The predicted octanol–water partition coefficient (Wildman–Crippen LogP) is 4.54. The van der Waals surface area contributed by atoms with Crippen LogP contribution < -0.4 is 4.74 Å². The van der Waals surface area contributed by atoms with Crippen LogP contribution in [0, 0.1) is 11.7 Å². The monoisotopic (exact) mass is 282 g/mol. The van der Waals surface area contributed by atoms with Gasteiger partial charge in [0.1, 0.15) is 17.2 Å². The predicted molar refractivity (Wildman–Crippen MR) is 81.0 cm³/mol. The molecule has 0 spiro atoms. The fourth-order valence-corrected chi connectivity index (χ4v) is 4.01. The summed E-state index contributed by atoms with van der Waals surface area (Å²) in [4.78, 5) is 0. The number of fused-ring (bicyclic) bond motifs is 2. The second kappa shape index (κ2) is 4.87. The Kier molecular flexibility index (Phi) is 2.99. The van der Waals surface area contributed by atoms with Gasteiger partial charge in [-0.05, 0) is 55.0 Å². The summed E-state index contributed by atoms with van der Waals surface area (Å²) in [5, 5.41) is 0. The average Bonchev–Trinajstić information content (AvgIpc) is 2.89. The average molecular weight is 282 g/mol. The van der Waals surface area contributed by atoms with Crippen molar-refractivity contribution in [3.8, 4) is 5.75 Å². The van der Waals surface area contributed by atoms with Gasteiger partial charge in [-0.15, -0.1) is 0 Å². The SMILES string of the molecule is Fc1ccc(C[C@@]23CCC[C@@H]2Cc2ccccc2O3)cc1. The molecule has 2 aromatic carbocycles. The van der Waals surface area contributed by atoms with Crippen LogP contribution in [0.1, 0.15) is 30.4 Å². The van der Waals surface area contributed by atoms with Crippen molar-refractivity contribution in [3.05, 3.63) is 65.5 Å². The van der Waals surface area contributed by atoms with Crippen molar-refractivity contribution in [1.82, 2.24) is 0 Å². The van der Waals surface area contributed by atoms with E-state index in [0.717, 1.165) is 25.0 Å². The second-order valence-corrected chi connectivity index (χ2v) is 6.37. The van der Waals surface area contributed by atoms with E-state index in [1.807, 2.05) is 18.2 Å². The van der Waals surface area contributed by atoms with E-state index >= 15 is 0 Å². The van der Waals surface area contributed by atoms with E-state index in [-0.39, 0.29) is 11.4 Å². The van der Waals surface area contributed by atoms with E-state index in [1.54, 1.807) is 12.1 Å². The molecule has 0 N–H and O–H groups in total. The lowest BCUT2D eigenvalue weighted by molar-refractivity contribution is 0.0146. The lowest BCUT2D eigenvalue weighted by Gasteiger charge is -2.41. The molecule has 4 rings (SSSR count). The quantitative estimate of drug-likeness (QED) is 0.785. The number of benzene rings is 2. The fraction of sp³-hybridized carbons (Fsp3) is 0.368. The summed E-state index contributed by atoms with van der Waals surface area (Å²) in [7, 11) is 0. The number of ether oxygens (including phenoxy) is 1. The molecule has 0 bridgehead atoms. The number of hydrogen-bond acceptors (Lipinski definition) is 1. The standard InChI is InChI=1S/C19H19FO/c20-17-9-7-14(8-10-17)13-19-11-3-5-16(19)12-15-4-1-2-6-18(15)21-19/h1-2,4,6-10,16H,3,5,11-13H2/t16-,19+/m1/s1. The van der Waals surface area contributed by atoms with E-state index in [0.29, 0.717) is 5.92 Å². The van der Waals surface area contributed by atoms with Crippen molar-refractivity contribution in [2.24, 2.45) is 5.92 Å². The van der Waals surface area contributed by atoms with E-state index in [2.05, 4.69) is 18.2 Å². The highest BCUT2D eigenvalue weighted by Gasteiger charge is 2.47. The molecule has 1 aliphatic carbocycles. The number of rotatable bonds is 2. The summed E-state index contributed by atoms with van der Waals surface area (Å²) >= 11 is 0. The van der Waals surface area contributed by atoms with Crippen molar-refractivity contribution in [1.29, 1.82) is 0 Å². The van der Waals surface area contributed by atoms with Crippen molar-refractivity contribution < 1.29 is 9.13 Å². The lowest BCUT2D eigenvalue weighted by atomic mass is 9.79. The van der Waals surface area contributed by atoms with Crippen LogP contribution in [-0.2, 0) is 12.8 Å². The van der Waals surface area contributed by atoms with Crippen LogP contribution >= 0.6 is 0 Å². The van der Waals surface area contributed by atoms with Gasteiger partial charge >= 0.3 is 0 Å². The van der Waals surface area contributed by atoms with Crippen LogP contribution in [0.2, 0.25) is 0 Å². The van der Waals surface area contributed by atoms with Gasteiger partial charge in [0.05, 0.1) is 0 Å².